The van der Waals surface area contributed by atoms with Crippen LogP contribution >= 0.6 is 11.6 Å². The first-order chi connectivity index (χ1) is 20.6. The number of carbonyl (C=O) groups excluding carboxylic acids is 1. The molecule has 0 aliphatic carbocycles. The third kappa shape index (κ3) is 5.28. The average Bonchev–Trinajstić information content (AvgIpc) is 3.00. The first kappa shape index (κ1) is 29.9. The summed E-state index contributed by atoms with van der Waals surface area (Å²) < 4.78 is 16.5. The number of piperazine rings is 1. The van der Waals surface area contributed by atoms with Crippen LogP contribution in [0.3, 0.4) is 0 Å². The Kier molecular flexibility index (Phi) is 8.34. The Hall–Kier alpha value is -4.55. The van der Waals surface area contributed by atoms with E-state index >= 15 is 4.39 Å². The Labute approximate surface area is 254 Å². The topological polar surface area (TPSA) is 95.1 Å². The van der Waals surface area contributed by atoms with Crippen LogP contribution in [0.1, 0.15) is 56.4 Å². The molecule has 0 saturated carbocycles. The third-order valence-electron chi connectivity index (χ3n) is 7.77. The van der Waals surface area contributed by atoms with Crippen molar-refractivity contribution >= 4 is 34.2 Å². The average molecular weight is 599 g/mol. The van der Waals surface area contributed by atoms with Crippen molar-refractivity contribution in [2.24, 2.45) is 0 Å². The lowest BCUT2D eigenvalue weighted by molar-refractivity contribution is -0.126. The van der Waals surface area contributed by atoms with Crippen LogP contribution in [0.5, 0.6) is 0 Å². The molecular formula is C33H32ClFN6O2. The number of hydrogen-bond acceptors (Lipinski definition) is 6. The number of rotatable bonds is 6. The first-order valence-corrected chi connectivity index (χ1v) is 14.6. The summed E-state index contributed by atoms with van der Waals surface area (Å²) in [6, 6.07) is 11.8. The van der Waals surface area contributed by atoms with E-state index in [1.165, 1.54) is 16.7 Å². The molecule has 43 heavy (non-hydrogen) atoms. The number of aromatic nitrogens is 3. The normalized spacial score (nSPS) is 13.6. The van der Waals surface area contributed by atoms with Gasteiger partial charge < -0.3 is 9.80 Å². The van der Waals surface area contributed by atoms with Crippen LogP contribution in [0, 0.1) is 17.1 Å². The highest BCUT2D eigenvalue weighted by atomic mass is 35.5. The van der Waals surface area contributed by atoms with E-state index in [1.807, 2.05) is 38.7 Å². The van der Waals surface area contributed by atoms with Gasteiger partial charge in [0.2, 0.25) is 5.91 Å². The summed E-state index contributed by atoms with van der Waals surface area (Å²) in [5.41, 5.74) is 2.43. The van der Waals surface area contributed by atoms with E-state index in [2.05, 4.69) is 17.6 Å². The Bertz CT molecular complexity index is 1830. The number of carbonyl (C=O) groups is 1. The predicted octanol–water partition coefficient (Wildman–Crippen LogP) is 6.19. The molecule has 1 aliphatic heterocycles. The van der Waals surface area contributed by atoms with Crippen LogP contribution in [-0.2, 0) is 4.79 Å². The monoisotopic (exact) mass is 598 g/mol. The van der Waals surface area contributed by atoms with Gasteiger partial charge in [0.15, 0.2) is 5.65 Å². The number of anilines is 1. The molecule has 1 aliphatic rings. The van der Waals surface area contributed by atoms with Crippen LogP contribution in [-0.4, -0.2) is 51.5 Å². The van der Waals surface area contributed by atoms with Gasteiger partial charge in [0.25, 0.3) is 5.56 Å². The molecular weight excluding hydrogens is 567 g/mol. The summed E-state index contributed by atoms with van der Waals surface area (Å²) >= 11 is 7.03. The van der Waals surface area contributed by atoms with Crippen molar-refractivity contribution in [2.75, 3.05) is 31.1 Å². The van der Waals surface area contributed by atoms with Crippen LogP contribution in [0.25, 0.3) is 28.0 Å². The summed E-state index contributed by atoms with van der Waals surface area (Å²) in [7, 11) is 0. The van der Waals surface area contributed by atoms with Gasteiger partial charge >= 0.3 is 0 Å². The van der Waals surface area contributed by atoms with Gasteiger partial charge in [-0.2, -0.15) is 5.26 Å². The molecule has 4 heterocycles. The largest absolute Gasteiger partial charge is 0.366 e. The number of halogens is 2. The zero-order chi connectivity index (χ0) is 31.0. The number of fused-ring (bicyclic) bond motifs is 1. The van der Waals surface area contributed by atoms with E-state index in [0.29, 0.717) is 48.6 Å². The van der Waals surface area contributed by atoms with Crippen LogP contribution < -0.4 is 10.5 Å². The van der Waals surface area contributed by atoms with Crippen molar-refractivity contribution in [1.82, 2.24) is 19.4 Å². The fourth-order valence-electron chi connectivity index (χ4n) is 5.65. The number of benzene rings is 1. The molecule has 0 radical (unpaired) electrons. The maximum Gasteiger partial charge on any atom is 0.276 e. The molecule has 1 saturated heterocycles. The van der Waals surface area contributed by atoms with Crippen molar-refractivity contribution < 1.29 is 9.18 Å². The number of nitriles is 1. The fourth-order valence-corrected chi connectivity index (χ4v) is 5.92. The second-order valence-electron chi connectivity index (χ2n) is 11.1. The number of nitrogens with zero attached hydrogens (tertiary/aromatic N) is 6. The van der Waals surface area contributed by atoms with E-state index in [1.54, 1.807) is 35.4 Å². The zero-order valence-corrected chi connectivity index (χ0v) is 25.3. The highest BCUT2D eigenvalue weighted by Gasteiger charge is 2.31. The minimum absolute atomic E-state index is 0.00311. The molecule has 0 N–H and O–H groups in total. The molecule has 1 fully saturated rings. The Balaban J connectivity index is 1.91. The molecule has 1 aromatic carbocycles. The summed E-state index contributed by atoms with van der Waals surface area (Å²) in [4.78, 5) is 39.9. The number of pyridine rings is 3. The molecule has 0 bridgehead atoms. The van der Waals surface area contributed by atoms with Crippen molar-refractivity contribution in [1.29, 1.82) is 5.26 Å². The molecule has 4 aromatic rings. The maximum absolute atomic E-state index is 15.0. The number of amides is 1. The van der Waals surface area contributed by atoms with E-state index in [4.69, 9.17) is 16.6 Å². The summed E-state index contributed by atoms with van der Waals surface area (Å²) in [5.74, 6) is -0.734. The first-order valence-electron chi connectivity index (χ1n) is 14.2. The van der Waals surface area contributed by atoms with Crippen LogP contribution in [0.2, 0.25) is 5.02 Å². The lowest BCUT2D eigenvalue weighted by atomic mass is 9.96. The molecule has 0 unspecified atom stereocenters. The molecule has 0 spiro atoms. The quantitative estimate of drug-likeness (QED) is 0.246. The highest BCUT2D eigenvalue weighted by Crippen LogP contribution is 2.39. The molecule has 0 atom stereocenters. The van der Waals surface area contributed by atoms with Gasteiger partial charge in [-0.3, -0.25) is 19.1 Å². The van der Waals surface area contributed by atoms with Crippen molar-refractivity contribution in [2.45, 2.75) is 39.5 Å². The predicted molar refractivity (Wildman–Crippen MR) is 167 cm³/mol. The van der Waals surface area contributed by atoms with E-state index in [-0.39, 0.29) is 45.2 Å². The Morgan fingerprint density at radius 3 is 2.40 bits per heavy atom. The Morgan fingerprint density at radius 1 is 1.09 bits per heavy atom. The van der Waals surface area contributed by atoms with Gasteiger partial charge in [-0.15, -0.1) is 0 Å². The van der Waals surface area contributed by atoms with E-state index in [0.717, 1.165) is 5.56 Å². The summed E-state index contributed by atoms with van der Waals surface area (Å²) in [6.45, 7) is 13.0. The summed E-state index contributed by atoms with van der Waals surface area (Å²) in [6.07, 6.45) is 2.99. The van der Waals surface area contributed by atoms with E-state index in [9.17, 15) is 14.9 Å². The standard InChI is InChI=1S/C33H32ClFN6O2/c1-6-27(42)39-13-15-40(16-14-39)30-23(18-36)33(43)41(31-21(19(2)3)11-12-37-29(31)20(4)5)32-28(30)24(34)17-26(38-32)22-9-7-8-10-25(22)35/h6-12,17,19-20H,1,13-16H2,2-5H3. The van der Waals surface area contributed by atoms with Crippen molar-refractivity contribution in [3.63, 3.8) is 0 Å². The highest BCUT2D eigenvalue weighted by molar-refractivity contribution is 6.36. The smallest absolute Gasteiger partial charge is 0.276 e. The van der Waals surface area contributed by atoms with Crippen molar-refractivity contribution in [3.05, 3.63) is 93.3 Å². The van der Waals surface area contributed by atoms with Gasteiger partial charge in [0, 0.05) is 37.9 Å². The zero-order valence-electron chi connectivity index (χ0n) is 24.6. The lowest BCUT2D eigenvalue weighted by Crippen LogP contribution is -2.49. The maximum atomic E-state index is 15.0. The molecule has 10 heteroatoms. The van der Waals surface area contributed by atoms with Crippen LogP contribution in [0.15, 0.2) is 60.0 Å². The molecule has 3 aromatic heterocycles. The minimum Gasteiger partial charge on any atom is -0.366 e. The molecule has 5 rings (SSSR count). The second-order valence-corrected chi connectivity index (χ2v) is 11.5. The second kappa shape index (κ2) is 12.0. The van der Waals surface area contributed by atoms with Crippen molar-refractivity contribution in [3.8, 4) is 23.0 Å². The fraction of sp³-hybridized carbons (Fsp3) is 0.303. The van der Waals surface area contributed by atoms with Gasteiger partial charge in [0.1, 0.15) is 17.4 Å². The van der Waals surface area contributed by atoms with Gasteiger partial charge in [0.05, 0.1) is 33.2 Å². The molecule has 1 amide bonds. The van der Waals surface area contributed by atoms with Gasteiger partial charge in [-0.1, -0.05) is 58.0 Å². The molecule has 220 valence electrons. The lowest BCUT2D eigenvalue weighted by Gasteiger charge is -2.36. The van der Waals surface area contributed by atoms with Crippen LogP contribution in [0.4, 0.5) is 10.1 Å². The van der Waals surface area contributed by atoms with E-state index < -0.39 is 11.4 Å². The van der Waals surface area contributed by atoms with Gasteiger partial charge in [-0.05, 0) is 47.7 Å². The van der Waals surface area contributed by atoms with Gasteiger partial charge in [-0.25, -0.2) is 9.37 Å². The number of hydrogen-bond donors (Lipinski definition) is 0. The molecule has 8 nitrogen and oxygen atoms in total. The summed E-state index contributed by atoms with van der Waals surface area (Å²) in [5, 5.41) is 11.1. The third-order valence-corrected chi connectivity index (χ3v) is 8.07. The minimum atomic E-state index is -0.569. The SMILES string of the molecule is C=CC(=O)N1CCN(c2c(C#N)c(=O)n(-c3c(C(C)C)ccnc3C(C)C)c3nc(-c4ccccc4F)cc(Cl)c23)CC1. The Morgan fingerprint density at radius 2 is 1.79 bits per heavy atom.